The van der Waals surface area contributed by atoms with Crippen molar-refractivity contribution in [2.24, 2.45) is 0 Å². The minimum Gasteiger partial charge on any atom is -0.423 e. The molecule has 0 aliphatic carbocycles. The van der Waals surface area contributed by atoms with Crippen LogP contribution in [0, 0.1) is 20.2 Å². The Hall–Kier alpha value is -2.77. The molecule has 0 saturated carbocycles. The summed E-state index contributed by atoms with van der Waals surface area (Å²) in [6.07, 6.45) is 4.38. The zero-order valence-corrected chi connectivity index (χ0v) is 15.0. The Morgan fingerprint density at radius 2 is 1.81 bits per heavy atom. The molecule has 0 aliphatic rings. The standard InChI is InChI=1S/C18H24N2O6/c1-3-5-6-7-12-15(18(19(22)23)20(24)25)14-11-8-9-13-16(14)26-17(21)10-4-2/h4,8-11,13,15,18H,3,5-7,12H2,1-2H3. The van der Waals surface area contributed by atoms with Gasteiger partial charge in [0.15, 0.2) is 0 Å². The smallest absolute Gasteiger partial charge is 0.423 e. The highest BCUT2D eigenvalue weighted by Gasteiger charge is 2.44. The molecule has 0 N–H and O–H groups in total. The zero-order chi connectivity index (χ0) is 19.5. The first-order valence-electron chi connectivity index (χ1n) is 8.62. The molecule has 8 heteroatoms. The Kier molecular flexibility index (Phi) is 8.97. The molecular formula is C18H24N2O6. The van der Waals surface area contributed by atoms with Gasteiger partial charge in [-0.2, -0.15) is 0 Å². The quantitative estimate of drug-likeness (QED) is 0.111. The summed E-state index contributed by atoms with van der Waals surface area (Å²) in [4.78, 5) is 32.6. The number of hydrogen-bond donors (Lipinski definition) is 0. The number of carbonyl (C=O) groups excluding carboxylic acids is 1. The Bertz CT molecular complexity index is 645. The van der Waals surface area contributed by atoms with Crippen LogP contribution in [0.4, 0.5) is 0 Å². The summed E-state index contributed by atoms with van der Waals surface area (Å²) in [7, 11) is 0. The summed E-state index contributed by atoms with van der Waals surface area (Å²) in [5.41, 5.74) is 0.306. The number of nitro groups is 2. The van der Waals surface area contributed by atoms with E-state index in [1.54, 1.807) is 25.1 Å². The fraction of sp³-hybridized carbons (Fsp3) is 0.500. The fourth-order valence-corrected chi connectivity index (χ4v) is 2.79. The maximum Gasteiger partial charge on any atom is 0.457 e. The summed E-state index contributed by atoms with van der Waals surface area (Å²) in [6.45, 7) is 3.68. The monoisotopic (exact) mass is 364 g/mol. The Morgan fingerprint density at radius 1 is 1.15 bits per heavy atom. The van der Waals surface area contributed by atoms with Crippen LogP contribution in [0.2, 0.25) is 0 Å². The number of allylic oxidation sites excluding steroid dienone is 1. The van der Waals surface area contributed by atoms with Gasteiger partial charge in [0.05, 0.1) is 9.85 Å². The second kappa shape index (κ2) is 11.0. The van der Waals surface area contributed by atoms with E-state index >= 15 is 0 Å². The fourth-order valence-electron chi connectivity index (χ4n) is 2.79. The second-order valence-corrected chi connectivity index (χ2v) is 5.90. The lowest BCUT2D eigenvalue weighted by atomic mass is 9.89. The van der Waals surface area contributed by atoms with Gasteiger partial charge in [-0.15, -0.1) is 0 Å². The highest BCUT2D eigenvalue weighted by molar-refractivity contribution is 5.84. The van der Waals surface area contributed by atoms with Crippen molar-refractivity contribution in [1.29, 1.82) is 0 Å². The van der Waals surface area contributed by atoms with E-state index in [1.807, 2.05) is 6.92 Å². The average molecular weight is 364 g/mol. The summed E-state index contributed by atoms with van der Waals surface area (Å²) in [6, 6.07) is 6.27. The van der Waals surface area contributed by atoms with Crippen molar-refractivity contribution in [1.82, 2.24) is 0 Å². The molecule has 0 spiro atoms. The van der Waals surface area contributed by atoms with E-state index in [2.05, 4.69) is 0 Å². The van der Waals surface area contributed by atoms with Crippen LogP contribution in [0.25, 0.3) is 0 Å². The molecule has 1 aromatic carbocycles. The first kappa shape index (κ1) is 21.3. The molecule has 1 rings (SSSR count). The van der Waals surface area contributed by atoms with Crippen LogP contribution in [-0.2, 0) is 4.79 Å². The van der Waals surface area contributed by atoms with Crippen LogP contribution in [0.1, 0.15) is 57.4 Å². The number of rotatable bonds is 11. The molecule has 0 aromatic heterocycles. The molecule has 0 fully saturated rings. The predicted octanol–water partition coefficient (Wildman–Crippen LogP) is 4.10. The summed E-state index contributed by atoms with van der Waals surface area (Å²) in [5, 5.41) is 22.7. The van der Waals surface area contributed by atoms with E-state index < -0.39 is 27.9 Å². The number of benzene rings is 1. The number of nitrogens with zero attached hydrogens (tertiary/aromatic N) is 2. The van der Waals surface area contributed by atoms with Gasteiger partial charge in [-0.25, -0.2) is 4.79 Å². The van der Waals surface area contributed by atoms with Gasteiger partial charge < -0.3 is 4.74 Å². The van der Waals surface area contributed by atoms with Crippen molar-refractivity contribution >= 4 is 5.97 Å². The van der Waals surface area contributed by atoms with Gasteiger partial charge in [0, 0.05) is 11.6 Å². The van der Waals surface area contributed by atoms with Crippen molar-refractivity contribution in [3.8, 4) is 5.75 Å². The first-order chi connectivity index (χ1) is 12.4. The molecule has 8 nitrogen and oxygen atoms in total. The maximum atomic E-state index is 11.7. The molecule has 0 aliphatic heterocycles. The van der Waals surface area contributed by atoms with Crippen molar-refractivity contribution in [2.45, 2.75) is 58.0 Å². The predicted molar refractivity (Wildman–Crippen MR) is 96.2 cm³/mol. The molecule has 0 heterocycles. The Balaban J connectivity index is 3.22. The van der Waals surface area contributed by atoms with Gasteiger partial charge in [0.1, 0.15) is 11.7 Å². The number of para-hydroxylation sites is 1. The maximum absolute atomic E-state index is 11.7. The second-order valence-electron chi connectivity index (χ2n) is 5.90. The first-order valence-corrected chi connectivity index (χ1v) is 8.62. The van der Waals surface area contributed by atoms with E-state index in [0.29, 0.717) is 12.0 Å². The third-order valence-corrected chi connectivity index (χ3v) is 3.99. The van der Waals surface area contributed by atoms with Gasteiger partial charge in [0.25, 0.3) is 0 Å². The van der Waals surface area contributed by atoms with Crippen molar-refractivity contribution in [3.63, 3.8) is 0 Å². The van der Waals surface area contributed by atoms with Crippen molar-refractivity contribution < 1.29 is 19.4 Å². The Morgan fingerprint density at radius 3 is 2.38 bits per heavy atom. The van der Waals surface area contributed by atoms with E-state index in [9.17, 15) is 25.0 Å². The highest BCUT2D eigenvalue weighted by Crippen LogP contribution is 2.34. The van der Waals surface area contributed by atoms with E-state index in [4.69, 9.17) is 4.74 Å². The van der Waals surface area contributed by atoms with E-state index in [1.165, 1.54) is 18.2 Å². The minimum absolute atomic E-state index is 0.116. The van der Waals surface area contributed by atoms with Gasteiger partial charge in [-0.3, -0.25) is 20.2 Å². The minimum atomic E-state index is -1.99. The number of esters is 1. The van der Waals surface area contributed by atoms with Crippen LogP contribution in [0.3, 0.4) is 0 Å². The molecule has 1 unspecified atom stereocenters. The highest BCUT2D eigenvalue weighted by atomic mass is 16.7. The van der Waals surface area contributed by atoms with Gasteiger partial charge in [0.2, 0.25) is 0 Å². The molecule has 1 aromatic rings. The molecule has 0 saturated heterocycles. The van der Waals surface area contributed by atoms with Crippen LogP contribution in [0.5, 0.6) is 5.75 Å². The molecule has 0 amide bonds. The van der Waals surface area contributed by atoms with Gasteiger partial charge >= 0.3 is 12.1 Å². The molecule has 1 atom stereocenters. The van der Waals surface area contributed by atoms with E-state index in [0.717, 1.165) is 19.3 Å². The van der Waals surface area contributed by atoms with Crippen LogP contribution in [-0.4, -0.2) is 22.0 Å². The molecule has 142 valence electrons. The zero-order valence-electron chi connectivity index (χ0n) is 15.0. The Labute approximate surface area is 152 Å². The molecule has 26 heavy (non-hydrogen) atoms. The van der Waals surface area contributed by atoms with Gasteiger partial charge in [-0.1, -0.05) is 56.9 Å². The number of carbonyl (C=O) groups is 1. The number of hydrogen-bond acceptors (Lipinski definition) is 6. The van der Waals surface area contributed by atoms with E-state index in [-0.39, 0.29) is 12.2 Å². The summed E-state index contributed by atoms with van der Waals surface area (Å²) < 4.78 is 5.23. The van der Waals surface area contributed by atoms with Crippen LogP contribution >= 0.6 is 0 Å². The molecule has 0 radical (unpaired) electrons. The van der Waals surface area contributed by atoms with Gasteiger partial charge in [-0.05, 0) is 19.4 Å². The topological polar surface area (TPSA) is 113 Å². The molecular weight excluding hydrogens is 340 g/mol. The summed E-state index contributed by atoms with van der Waals surface area (Å²) >= 11 is 0. The lowest BCUT2D eigenvalue weighted by molar-refractivity contribution is -0.746. The summed E-state index contributed by atoms with van der Waals surface area (Å²) in [5.74, 6) is -1.50. The van der Waals surface area contributed by atoms with Crippen LogP contribution < -0.4 is 4.74 Å². The van der Waals surface area contributed by atoms with Crippen molar-refractivity contribution in [2.75, 3.05) is 0 Å². The SMILES string of the molecule is CC=CC(=O)Oc1ccccc1C(CCCCCC)C([N+](=O)[O-])[N+](=O)[O-]. The average Bonchev–Trinajstić information content (AvgIpc) is 2.57. The van der Waals surface area contributed by atoms with Crippen LogP contribution in [0.15, 0.2) is 36.4 Å². The third-order valence-electron chi connectivity index (χ3n) is 3.99. The lowest BCUT2D eigenvalue weighted by Gasteiger charge is -2.18. The largest absolute Gasteiger partial charge is 0.457 e. The molecule has 0 bridgehead atoms. The normalized spacial score (nSPS) is 12.3. The third kappa shape index (κ3) is 6.27. The number of ether oxygens (including phenoxy) is 1. The number of unbranched alkanes of at least 4 members (excludes halogenated alkanes) is 3. The lowest BCUT2D eigenvalue weighted by Crippen LogP contribution is -2.35. The van der Waals surface area contributed by atoms with Crippen molar-refractivity contribution in [3.05, 3.63) is 62.2 Å².